The van der Waals surface area contributed by atoms with E-state index in [1.54, 1.807) is 6.08 Å². The van der Waals surface area contributed by atoms with Gasteiger partial charge in [-0.3, -0.25) is 0 Å². The molecule has 88 valence electrons. The fourth-order valence-corrected chi connectivity index (χ4v) is 2.01. The van der Waals surface area contributed by atoms with Crippen LogP contribution in [-0.2, 0) is 4.74 Å². The van der Waals surface area contributed by atoms with Crippen LogP contribution in [0, 0.1) is 31.1 Å². The van der Waals surface area contributed by atoms with E-state index in [1.807, 2.05) is 54.6 Å². The Morgan fingerprint density at radius 1 is 1.06 bits per heavy atom. The SMILES string of the molecule is [NH-]C1=C2C=CC=CC2OC(c2ccccc2)=C1.[U]. The number of hydrogen-bond acceptors (Lipinski definition) is 1. The van der Waals surface area contributed by atoms with Gasteiger partial charge in [0, 0.05) is 36.7 Å². The summed E-state index contributed by atoms with van der Waals surface area (Å²) in [7, 11) is 0. The van der Waals surface area contributed by atoms with Gasteiger partial charge in [-0.25, -0.2) is 0 Å². The van der Waals surface area contributed by atoms with Gasteiger partial charge in [0.2, 0.25) is 0 Å². The van der Waals surface area contributed by atoms with Crippen molar-refractivity contribution in [3.8, 4) is 0 Å². The zero-order valence-corrected chi connectivity index (χ0v) is 13.9. The number of ether oxygens (including phenoxy) is 1. The molecule has 1 aromatic rings. The number of allylic oxidation sites excluding steroid dienone is 3. The van der Waals surface area contributed by atoms with Crippen molar-refractivity contribution in [1.82, 2.24) is 0 Å². The molecule has 0 saturated carbocycles. The first kappa shape index (κ1) is 13.3. The minimum absolute atomic E-state index is 0. The van der Waals surface area contributed by atoms with Crippen LogP contribution in [-0.4, -0.2) is 6.10 Å². The molecular weight excluding hydrogens is 448 g/mol. The third kappa shape index (κ3) is 2.48. The van der Waals surface area contributed by atoms with Gasteiger partial charge in [-0.15, -0.1) is 5.70 Å². The molecule has 0 bridgehead atoms. The summed E-state index contributed by atoms with van der Waals surface area (Å²) in [6, 6.07) is 9.90. The first-order valence-corrected chi connectivity index (χ1v) is 5.59. The van der Waals surface area contributed by atoms with Gasteiger partial charge in [-0.2, -0.15) is 0 Å². The summed E-state index contributed by atoms with van der Waals surface area (Å²) in [5.74, 6) is 0.768. The van der Waals surface area contributed by atoms with Crippen molar-refractivity contribution in [3.63, 3.8) is 0 Å². The number of hydrogen-bond donors (Lipinski definition) is 0. The van der Waals surface area contributed by atoms with Crippen LogP contribution in [0.5, 0.6) is 0 Å². The molecule has 3 rings (SSSR count). The van der Waals surface area contributed by atoms with Gasteiger partial charge < -0.3 is 10.5 Å². The van der Waals surface area contributed by atoms with Crippen LogP contribution in [0.1, 0.15) is 5.56 Å². The largest absolute Gasteiger partial charge is 0.698 e. The van der Waals surface area contributed by atoms with Crippen LogP contribution in [0.2, 0.25) is 0 Å². The quantitative estimate of drug-likeness (QED) is 0.627. The summed E-state index contributed by atoms with van der Waals surface area (Å²) in [6.45, 7) is 0. The summed E-state index contributed by atoms with van der Waals surface area (Å²) in [6.07, 6.45) is 9.46. The molecular formula is C15H12NOU-. The van der Waals surface area contributed by atoms with E-state index in [1.165, 1.54) is 0 Å². The number of rotatable bonds is 1. The van der Waals surface area contributed by atoms with Crippen molar-refractivity contribution < 1.29 is 35.9 Å². The average Bonchev–Trinajstić information content (AvgIpc) is 2.40. The number of nitrogens with one attached hydrogen (secondary N) is 1. The zero-order valence-electron chi connectivity index (χ0n) is 9.76. The summed E-state index contributed by atoms with van der Waals surface area (Å²) in [4.78, 5) is 0. The molecule has 0 spiro atoms. The maximum absolute atomic E-state index is 8.01. The van der Waals surface area contributed by atoms with Crippen LogP contribution >= 0.6 is 0 Å². The molecule has 3 heteroatoms. The molecule has 2 aliphatic rings. The molecule has 1 aliphatic carbocycles. The van der Waals surface area contributed by atoms with Crippen molar-refractivity contribution in [3.05, 3.63) is 83.3 Å². The Morgan fingerprint density at radius 2 is 1.83 bits per heavy atom. The van der Waals surface area contributed by atoms with Crippen LogP contribution in [0.3, 0.4) is 0 Å². The van der Waals surface area contributed by atoms with Gasteiger partial charge in [-0.05, 0) is 17.7 Å². The fraction of sp³-hybridized carbons (Fsp3) is 0.0667. The Hall–Kier alpha value is -1.17. The maximum atomic E-state index is 8.01. The van der Waals surface area contributed by atoms with E-state index in [2.05, 4.69) is 0 Å². The van der Waals surface area contributed by atoms with Gasteiger partial charge in [0.05, 0.1) is 0 Å². The van der Waals surface area contributed by atoms with Gasteiger partial charge in [-0.1, -0.05) is 48.6 Å². The Morgan fingerprint density at radius 3 is 2.61 bits per heavy atom. The van der Waals surface area contributed by atoms with Crippen LogP contribution in [0.25, 0.3) is 11.5 Å². The molecule has 2 nitrogen and oxygen atoms in total. The number of fused-ring (bicyclic) bond motifs is 1. The van der Waals surface area contributed by atoms with Crippen molar-refractivity contribution >= 4 is 5.76 Å². The van der Waals surface area contributed by atoms with E-state index >= 15 is 0 Å². The Kier molecular flexibility index (Phi) is 4.16. The minimum Gasteiger partial charge on any atom is -0.698 e. The van der Waals surface area contributed by atoms with E-state index in [-0.39, 0.29) is 37.2 Å². The third-order valence-corrected chi connectivity index (χ3v) is 2.88. The van der Waals surface area contributed by atoms with Gasteiger partial charge >= 0.3 is 0 Å². The summed E-state index contributed by atoms with van der Waals surface area (Å²) in [5.41, 5.74) is 10.5. The fourth-order valence-electron chi connectivity index (χ4n) is 2.01. The maximum Gasteiger partial charge on any atom is 0.141 e. The van der Waals surface area contributed by atoms with Gasteiger partial charge in [0.15, 0.2) is 0 Å². The first-order chi connectivity index (χ1) is 8.34. The summed E-state index contributed by atoms with van der Waals surface area (Å²) >= 11 is 0. The predicted octanol–water partition coefficient (Wildman–Crippen LogP) is 3.86. The van der Waals surface area contributed by atoms with Gasteiger partial charge in [0.25, 0.3) is 0 Å². The summed E-state index contributed by atoms with van der Waals surface area (Å²) in [5, 5.41) is 0. The predicted molar refractivity (Wildman–Crippen MR) is 68.9 cm³/mol. The molecule has 0 aromatic heterocycles. The molecule has 1 heterocycles. The zero-order chi connectivity index (χ0) is 11.7. The smallest absolute Gasteiger partial charge is 0.141 e. The molecule has 18 heavy (non-hydrogen) atoms. The van der Waals surface area contributed by atoms with E-state index in [0.29, 0.717) is 5.70 Å². The first-order valence-electron chi connectivity index (χ1n) is 5.59. The molecule has 1 atom stereocenters. The number of benzene rings is 1. The summed E-state index contributed by atoms with van der Waals surface area (Å²) < 4.78 is 5.89. The molecule has 1 aliphatic heterocycles. The Labute approximate surface area is 130 Å². The molecule has 1 aromatic carbocycles. The van der Waals surface area contributed by atoms with Crippen molar-refractivity contribution in [2.45, 2.75) is 6.10 Å². The molecule has 0 amide bonds. The van der Waals surface area contributed by atoms with Crippen LogP contribution in [0.15, 0.2) is 72.0 Å². The normalized spacial score (nSPS) is 20.7. The van der Waals surface area contributed by atoms with Crippen molar-refractivity contribution in [1.29, 1.82) is 0 Å². The van der Waals surface area contributed by atoms with Crippen molar-refractivity contribution in [2.24, 2.45) is 0 Å². The monoisotopic (exact) mass is 460 g/mol. The van der Waals surface area contributed by atoms with Crippen LogP contribution in [0.4, 0.5) is 0 Å². The third-order valence-electron chi connectivity index (χ3n) is 2.88. The second-order valence-corrected chi connectivity index (χ2v) is 4.03. The van der Waals surface area contributed by atoms with Crippen LogP contribution < -0.4 is 0 Å². The average molecular weight is 460 g/mol. The standard InChI is InChI=1S/C15H12NO.U/c16-13-10-15(11-6-2-1-3-7-11)17-14-9-5-4-8-12(13)14;/h1-10,14,16H;/q-1;. The second kappa shape index (κ2) is 5.65. The molecule has 0 radical (unpaired) electrons. The second-order valence-electron chi connectivity index (χ2n) is 4.03. The van der Waals surface area contributed by atoms with Gasteiger partial charge in [0.1, 0.15) is 11.9 Å². The topological polar surface area (TPSA) is 33.0 Å². The van der Waals surface area contributed by atoms with E-state index < -0.39 is 0 Å². The molecule has 1 N–H and O–H groups in total. The Balaban J connectivity index is 0.00000120. The molecule has 1 unspecified atom stereocenters. The van der Waals surface area contributed by atoms with E-state index in [0.717, 1.165) is 16.9 Å². The minimum atomic E-state index is -0.118. The van der Waals surface area contributed by atoms with E-state index in [4.69, 9.17) is 10.5 Å². The Bertz CT molecular complexity index is 555. The molecule has 0 saturated heterocycles. The van der Waals surface area contributed by atoms with E-state index in [9.17, 15) is 0 Å². The molecule has 0 fully saturated rings. The van der Waals surface area contributed by atoms with Crippen molar-refractivity contribution in [2.75, 3.05) is 0 Å².